The third-order valence-electron chi connectivity index (χ3n) is 29.4. The molecular formula is C132H68N12. The molecule has 0 unspecified atom stereocenters. The molecular weight excluding hydrogens is 1750 g/mol. The third-order valence-corrected chi connectivity index (χ3v) is 29.4. The van der Waals surface area contributed by atoms with Crippen LogP contribution in [0.1, 0.15) is 22.3 Å². The molecule has 12 heteroatoms. The second-order valence-electron chi connectivity index (χ2n) is 36.8. The first-order valence-electron chi connectivity index (χ1n) is 47.3. The van der Waals surface area contributed by atoms with Crippen molar-refractivity contribution in [2.75, 3.05) is 0 Å². The Balaban J connectivity index is 0.000000144. The van der Waals surface area contributed by atoms with Crippen molar-refractivity contribution < 1.29 is 0 Å². The molecule has 0 bridgehead atoms. The minimum absolute atomic E-state index is 0.539. The van der Waals surface area contributed by atoms with E-state index in [1.165, 1.54) is 21.5 Å². The number of hydrogen-bond donors (Lipinski definition) is 0. The molecule has 4 aromatic heterocycles. The van der Waals surface area contributed by atoms with Gasteiger partial charge in [-0.1, -0.05) is 231 Å². The van der Waals surface area contributed by atoms with E-state index in [0.717, 1.165) is 241 Å². The van der Waals surface area contributed by atoms with Crippen LogP contribution in [0.3, 0.4) is 0 Å². The lowest BCUT2D eigenvalue weighted by Crippen LogP contribution is -1.99. The van der Waals surface area contributed by atoms with Gasteiger partial charge in [-0.2, -0.15) is 21.0 Å². The lowest BCUT2D eigenvalue weighted by molar-refractivity contribution is 1.18. The fourth-order valence-corrected chi connectivity index (χ4v) is 23.2. The van der Waals surface area contributed by atoms with Crippen molar-refractivity contribution in [3.05, 3.63) is 480 Å². The van der Waals surface area contributed by atoms with Gasteiger partial charge in [-0.25, -0.2) is 19.4 Å². The number of rotatable bonds is 8. The summed E-state index contributed by atoms with van der Waals surface area (Å²) in [5.41, 5.74) is 24.6. The topological polar surface area (TPSA) is 132 Å². The average molecular weight is 1820 g/mol. The SMILES string of the molecule is [C-]#[N+]c1ccc2c(c1)c1cc(C#N)ccc1n2-c1ccc2c(-c3cc4ccccc4c4ccccc34)c3cc(-n4c5ccc(C#N)cc5c5cc([N+]#[C-])ccc54)ccc3c(-c3cc4ccccc4c4ccccc34)c2c1.[C-]#[N+]c1ccc2c(c1)c1cc(C#N)ccc1n2-c1ccc2c(-c3cccc4ccccc34)c3cc(-n4c5ccc(C#N)cc5c5cc([N+]#[C-])ccc54)ccc3c(-c3cccc4ccccc34)c2c1. The quantitative estimate of drug-likeness (QED) is 0.0851. The first-order chi connectivity index (χ1) is 71.0. The van der Waals surface area contributed by atoms with Crippen LogP contribution in [-0.2, 0) is 0 Å². The van der Waals surface area contributed by atoms with E-state index in [4.69, 9.17) is 26.3 Å². The number of benzene rings is 24. The largest absolute Gasteiger partial charge is 0.309 e. The molecule has 0 aliphatic rings. The highest BCUT2D eigenvalue weighted by Gasteiger charge is 2.29. The highest BCUT2D eigenvalue weighted by molar-refractivity contribution is 6.31. The van der Waals surface area contributed by atoms with E-state index in [1.54, 1.807) is 0 Å². The third kappa shape index (κ3) is 12.5. The number of nitriles is 4. The molecule has 0 amide bonds. The minimum Gasteiger partial charge on any atom is -0.309 e. The Morgan fingerprint density at radius 1 is 0.160 bits per heavy atom. The molecule has 0 saturated carbocycles. The average Bonchev–Trinajstić information content (AvgIpc) is 1.11. The van der Waals surface area contributed by atoms with Crippen LogP contribution < -0.4 is 0 Å². The van der Waals surface area contributed by atoms with Crippen LogP contribution in [0.5, 0.6) is 0 Å². The zero-order valence-electron chi connectivity index (χ0n) is 76.6. The Bertz CT molecular complexity index is 10200. The normalized spacial score (nSPS) is 11.6. The van der Waals surface area contributed by atoms with Crippen LogP contribution in [-0.4, -0.2) is 18.3 Å². The van der Waals surface area contributed by atoms with Crippen molar-refractivity contribution in [2.45, 2.75) is 0 Å². The Labute approximate surface area is 823 Å². The number of nitrogens with zero attached hydrogens (tertiary/aromatic N) is 12. The van der Waals surface area contributed by atoms with Crippen molar-refractivity contribution in [1.82, 2.24) is 18.3 Å². The highest BCUT2D eigenvalue weighted by atomic mass is 15.0. The molecule has 144 heavy (non-hydrogen) atoms. The van der Waals surface area contributed by atoms with E-state index in [0.29, 0.717) is 45.0 Å². The van der Waals surface area contributed by atoms with Crippen molar-refractivity contribution in [3.8, 4) is 91.5 Å². The maximum Gasteiger partial charge on any atom is 0.188 e. The fraction of sp³-hybridized carbons (Fsp3) is 0. The van der Waals surface area contributed by atoms with Crippen molar-refractivity contribution >= 4 is 218 Å². The van der Waals surface area contributed by atoms with Crippen LogP contribution in [0.2, 0.25) is 0 Å². The molecule has 0 aliphatic carbocycles. The summed E-state index contributed by atoms with van der Waals surface area (Å²) in [5.74, 6) is 0. The molecule has 0 fully saturated rings. The summed E-state index contributed by atoms with van der Waals surface area (Å²) in [6.45, 7) is 31.5. The Kier molecular flexibility index (Phi) is 18.5. The fourth-order valence-electron chi connectivity index (χ4n) is 23.2. The predicted octanol–water partition coefficient (Wildman–Crippen LogP) is 35.7. The lowest BCUT2D eigenvalue weighted by atomic mass is 9.82. The van der Waals surface area contributed by atoms with Crippen LogP contribution >= 0.6 is 0 Å². The van der Waals surface area contributed by atoms with Crippen molar-refractivity contribution in [2.24, 2.45) is 0 Å². The molecule has 24 aromatic carbocycles. The molecule has 4 heterocycles. The molecule has 28 rings (SSSR count). The smallest absolute Gasteiger partial charge is 0.188 e. The summed E-state index contributed by atoms with van der Waals surface area (Å²) in [7, 11) is 0. The van der Waals surface area contributed by atoms with E-state index < -0.39 is 0 Å². The summed E-state index contributed by atoms with van der Waals surface area (Å²) in [6, 6.07) is 153. The lowest BCUT2D eigenvalue weighted by Gasteiger charge is -2.23. The maximum absolute atomic E-state index is 10.1. The molecule has 0 saturated heterocycles. The molecule has 0 spiro atoms. The van der Waals surface area contributed by atoms with Gasteiger partial charge in [0, 0.05) is 44.3 Å². The van der Waals surface area contributed by atoms with E-state index in [2.05, 4.69) is 329 Å². The van der Waals surface area contributed by atoms with E-state index in [9.17, 15) is 21.0 Å². The summed E-state index contributed by atoms with van der Waals surface area (Å²) in [5, 5.41) is 69.9. The highest BCUT2D eigenvalue weighted by Crippen LogP contribution is 2.54. The predicted molar refractivity (Wildman–Crippen MR) is 591 cm³/mol. The van der Waals surface area contributed by atoms with E-state index in [1.807, 2.05) is 146 Å². The zero-order chi connectivity index (χ0) is 96.4. The number of aromatic nitrogens is 4. The van der Waals surface area contributed by atoms with Gasteiger partial charge in [-0.15, -0.1) is 0 Å². The van der Waals surface area contributed by atoms with Crippen LogP contribution in [0.4, 0.5) is 22.7 Å². The summed E-state index contributed by atoms with van der Waals surface area (Å²) in [6.07, 6.45) is 0. The zero-order valence-corrected chi connectivity index (χ0v) is 76.6. The van der Waals surface area contributed by atoms with E-state index >= 15 is 0 Å². The second-order valence-corrected chi connectivity index (χ2v) is 36.8. The molecule has 28 aromatic rings. The molecule has 0 radical (unpaired) electrons. The molecule has 656 valence electrons. The Morgan fingerprint density at radius 3 is 0.667 bits per heavy atom. The minimum atomic E-state index is 0.539. The van der Waals surface area contributed by atoms with Gasteiger partial charge in [0.1, 0.15) is 0 Å². The van der Waals surface area contributed by atoms with Gasteiger partial charge in [0.15, 0.2) is 22.7 Å². The Morgan fingerprint density at radius 2 is 0.389 bits per heavy atom. The summed E-state index contributed by atoms with van der Waals surface area (Å²) >= 11 is 0. The molecule has 0 N–H and O–H groups in total. The summed E-state index contributed by atoms with van der Waals surface area (Å²) < 4.78 is 9.07. The molecule has 0 atom stereocenters. The number of fused-ring (bicyclic) bond motifs is 24. The second kappa shape index (κ2) is 32.3. The van der Waals surface area contributed by atoms with Gasteiger partial charge in [0.25, 0.3) is 0 Å². The van der Waals surface area contributed by atoms with Gasteiger partial charge in [0.05, 0.1) is 117 Å². The van der Waals surface area contributed by atoms with Crippen molar-refractivity contribution in [1.29, 1.82) is 21.0 Å². The molecule has 0 aliphatic heterocycles. The maximum atomic E-state index is 10.1. The first-order valence-corrected chi connectivity index (χ1v) is 47.3. The van der Waals surface area contributed by atoms with Gasteiger partial charge in [-0.05, 0) is 356 Å². The van der Waals surface area contributed by atoms with Crippen LogP contribution in [0.15, 0.2) is 413 Å². The number of hydrogen-bond acceptors (Lipinski definition) is 4. The summed E-state index contributed by atoms with van der Waals surface area (Å²) in [4.78, 5) is 15.2. The molecule has 12 nitrogen and oxygen atoms in total. The van der Waals surface area contributed by atoms with E-state index in [-0.39, 0.29) is 0 Å². The Hall–Kier alpha value is -21.0. The standard InChI is InChI=1S/C70H36N6.C62H32N6/c1-73-45-21-29-67-59(35-45)57-31-41(39-71)19-27-65(57)75(67)47-23-25-55-63(37-47)69(61-33-43-11-3-5-13-49(43)51-15-7-9-17-53(51)61)56-26-24-48(76-66-28-20-42(40-72)32-58(66)60-36-46(74-2)22-30-68(60)76)38-64(56)70(55)62-34-44-12-4-6-14-50(44)52-16-8-10-18-54(52)62;1-65-41-19-27-59-53(31-41)51-29-37(35-63)17-25-57(51)67(59)43-21-23-49-55(33-43)61(47-15-7-11-39-9-3-5-13-45(39)47)50-24-22-44(34-56(50)62(49)48-16-8-12-40-10-4-6-14-46(40)48)68-58-26-18-38(36-64)30-52(58)54-32-42(66-2)20-28-60(54)68/h3-38H;3-34H. The van der Waals surface area contributed by atoms with Gasteiger partial charge >= 0.3 is 0 Å². The van der Waals surface area contributed by atoms with Crippen molar-refractivity contribution in [3.63, 3.8) is 0 Å². The first kappa shape index (κ1) is 82.5. The van der Waals surface area contributed by atoms with Gasteiger partial charge < -0.3 is 18.3 Å². The van der Waals surface area contributed by atoms with Crippen LogP contribution in [0, 0.1) is 71.6 Å². The van der Waals surface area contributed by atoms with Gasteiger partial charge in [-0.3, -0.25) is 0 Å². The van der Waals surface area contributed by atoms with Crippen LogP contribution in [0.25, 0.3) is 282 Å². The monoisotopic (exact) mass is 1820 g/mol. The van der Waals surface area contributed by atoms with Gasteiger partial charge in [0.2, 0.25) is 0 Å².